The molecule has 3 aromatic heterocycles. The van der Waals surface area contributed by atoms with Crippen LogP contribution >= 0.6 is 11.6 Å². The van der Waals surface area contributed by atoms with E-state index in [1.54, 1.807) is 12.1 Å². The number of nitrogens with zero attached hydrogens (tertiary/aromatic N) is 3. The Balaban J connectivity index is 1.35. The van der Waals surface area contributed by atoms with Crippen molar-refractivity contribution in [3.63, 3.8) is 0 Å². The van der Waals surface area contributed by atoms with E-state index in [1.165, 1.54) is 12.3 Å². The van der Waals surface area contributed by atoms with Crippen LogP contribution in [0.15, 0.2) is 53.6 Å². The van der Waals surface area contributed by atoms with E-state index in [9.17, 15) is 18.6 Å². The van der Waals surface area contributed by atoms with Gasteiger partial charge in [-0.3, -0.25) is 4.98 Å². The molecule has 0 saturated carbocycles. The summed E-state index contributed by atoms with van der Waals surface area (Å²) in [6.07, 6.45) is 0.923. The molecule has 0 bridgehead atoms. The number of aromatic nitrogens is 4. The monoisotopic (exact) mass is 530 g/mol. The Kier molecular flexibility index (Phi) is 6.66. The number of nitrogens with one attached hydrogen (secondary N) is 1. The molecule has 3 atom stereocenters. The van der Waals surface area contributed by atoms with Crippen LogP contribution in [-0.2, 0) is 14.6 Å². The van der Waals surface area contributed by atoms with Crippen LogP contribution in [0.4, 0.5) is 0 Å². The molecule has 0 radical (unpaired) electrons. The lowest BCUT2D eigenvalue weighted by Gasteiger charge is -2.31. The number of pyridine rings is 2. The van der Waals surface area contributed by atoms with Gasteiger partial charge in [0.2, 0.25) is 0 Å². The largest absolute Gasteiger partial charge is 0.459 e. The van der Waals surface area contributed by atoms with Gasteiger partial charge in [-0.2, -0.15) is 4.98 Å². The number of hydrogen-bond donors (Lipinski definition) is 3. The van der Waals surface area contributed by atoms with Crippen LogP contribution in [-0.4, -0.2) is 76.3 Å². The van der Waals surface area contributed by atoms with E-state index in [-0.39, 0.29) is 24.1 Å². The first-order chi connectivity index (χ1) is 17.2. The average Bonchev–Trinajstić information content (AvgIpc) is 3.24. The number of ether oxygens (including phenoxy) is 2. The van der Waals surface area contributed by atoms with E-state index in [0.717, 1.165) is 17.4 Å². The van der Waals surface area contributed by atoms with Crippen molar-refractivity contribution >= 4 is 32.6 Å². The fraction of sp³-hybridized carbons (Fsp3) is 0.292. The molecule has 4 aromatic rings. The summed E-state index contributed by atoms with van der Waals surface area (Å²) in [6, 6.07) is 12.5. The number of rotatable bonds is 6. The highest BCUT2D eigenvalue weighted by Gasteiger charge is 2.31. The maximum absolute atomic E-state index is 11.6. The number of aliphatic hydroxyl groups excluding tert-OH is 2. The molecule has 0 aliphatic carbocycles. The molecule has 1 fully saturated rings. The van der Waals surface area contributed by atoms with Crippen molar-refractivity contribution in [3.05, 3.63) is 53.7 Å². The summed E-state index contributed by atoms with van der Waals surface area (Å²) in [5.74, 6) is 0. The van der Waals surface area contributed by atoms with Gasteiger partial charge < -0.3 is 24.7 Å². The van der Waals surface area contributed by atoms with Gasteiger partial charge in [-0.15, -0.1) is 0 Å². The smallest absolute Gasteiger partial charge is 0.296 e. The summed E-state index contributed by atoms with van der Waals surface area (Å²) in [5, 5.41) is 19.7. The van der Waals surface area contributed by atoms with E-state index in [0.29, 0.717) is 34.0 Å². The van der Waals surface area contributed by atoms with Crippen molar-refractivity contribution in [2.45, 2.75) is 29.6 Å². The lowest BCUT2D eigenvalue weighted by molar-refractivity contribution is -0.131. The van der Waals surface area contributed by atoms with Crippen LogP contribution in [0.3, 0.4) is 0 Å². The van der Waals surface area contributed by atoms with Crippen LogP contribution in [0.1, 0.15) is 6.42 Å². The van der Waals surface area contributed by atoms with Gasteiger partial charge in [-0.1, -0.05) is 35.9 Å². The number of aromatic amines is 1. The van der Waals surface area contributed by atoms with E-state index in [2.05, 4.69) is 19.9 Å². The van der Waals surface area contributed by atoms with Crippen molar-refractivity contribution < 1.29 is 28.1 Å². The summed E-state index contributed by atoms with van der Waals surface area (Å²) in [5.41, 5.74) is 3.76. The lowest BCUT2D eigenvalue weighted by atomic mass is 10.0. The number of hydrogen-bond acceptors (Lipinski definition) is 9. The lowest BCUT2D eigenvalue weighted by Crippen LogP contribution is -2.45. The molecule has 4 heterocycles. The Morgan fingerprint density at radius 3 is 2.56 bits per heavy atom. The number of aliphatic hydroxyl groups is 2. The SMILES string of the molecule is CS(=O)(=O)c1ccc(-c2ccc(-c3nc4nc(OC5COC(CO)C(O)C5)[nH]c4cc3Cl)cc2)nc1. The molecule has 10 nitrogen and oxygen atoms in total. The third kappa shape index (κ3) is 5.06. The fourth-order valence-electron chi connectivity index (χ4n) is 3.97. The second kappa shape index (κ2) is 9.75. The van der Waals surface area contributed by atoms with Gasteiger partial charge in [0.15, 0.2) is 15.5 Å². The zero-order chi connectivity index (χ0) is 25.4. The van der Waals surface area contributed by atoms with Crippen LogP contribution in [0, 0.1) is 0 Å². The summed E-state index contributed by atoms with van der Waals surface area (Å²) >= 11 is 6.51. The predicted octanol–water partition coefficient (Wildman–Crippen LogP) is 2.63. The highest BCUT2D eigenvalue weighted by Crippen LogP contribution is 2.31. The molecule has 188 valence electrons. The summed E-state index contributed by atoms with van der Waals surface area (Å²) in [7, 11) is -3.31. The minimum absolute atomic E-state index is 0.163. The van der Waals surface area contributed by atoms with E-state index >= 15 is 0 Å². The molecule has 0 amide bonds. The van der Waals surface area contributed by atoms with Gasteiger partial charge in [0.05, 0.1) is 46.1 Å². The van der Waals surface area contributed by atoms with Gasteiger partial charge in [-0.25, -0.2) is 13.4 Å². The Morgan fingerprint density at radius 2 is 1.92 bits per heavy atom. The molecule has 1 aromatic carbocycles. The quantitative estimate of drug-likeness (QED) is 0.342. The molecule has 1 aliphatic rings. The van der Waals surface area contributed by atoms with Crippen molar-refractivity contribution in [1.29, 1.82) is 0 Å². The zero-order valence-electron chi connectivity index (χ0n) is 19.1. The topological polar surface area (TPSA) is 148 Å². The highest BCUT2D eigenvalue weighted by molar-refractivity contribution is 7.90. The van der Waals surface area contributed by atoms with E-state index in [1.807, 2.05) is 24.3 Å². The minimum Gasteiger partial charge on any atom is -0.459 e. The number of fused-ring (bicyclic) bond motifs is 1. The Morgan fingerprint density at radius 1 is 1.17 bits per heavy atom. The second-order valence-electron chi connectivity index (χ2n) is 8.56. The first kappa shape index (κ1) is 24.6. The number of imidazole rings is 1. The van der Waals surface area contributed by atoms with Crippen LogP contribution in [0.2, 0.25) is 5.02 Å². The normalized spacial score (nSPS) is 20.5. The fourth-order valence-corrected chi connectivity index (χ4v) is 4.79. The average molecular weight is 531 g/mol. The number of halogens is 1. The second-order valence-corrected chi connectivity index (χ2v) is 11.0. The van der Waals surface area contributed by atoms with Crippen molar-refractivity contribution in [2.24, 2.45) is 0 Å². The van der Waals surface area contributed by atoms with E-state index in [4.69, 9.17) is 21.1 Å². The van der Waals surface area contributed by atoms with Crippen LogP contribution in [0.5, 0.6) is 6.01 Å². The maximum atomic E-state index is 11.6. The molecule has 12 heteroatoms. The molecule has 1 aliphatic heterocycles. The van der Waals surface area contributed by atoms with Gasteiger partial charge in [0.1, 0.15) is 12.2 Å². The summed E-state index contributed by atoms with van der Waals surface area (Å²) in [4.78, 5) is 16.4. The standard InChI is InChI=1S/C24H23ClN4O6S/c1-36(32,33)16-6-7-18(26-10-16)13-2-4-14(5-3-13)22-17(25)9-19-23(28-22)29-24(27-19)35-15-8-20(31)21(11-30)34-12-15/h2-7,9-10,15,20-21,30-31H,8,11-12H2,1H3,(H,27,28,29). The predicted molar refractivity (Wildman–Crippen MR) is 133 cm³/mol. The molecule has 36 heavy (non-hydrogen) atoms. The summed E-state index contributed by atoms with van der Waals surface area (Å²) in [6.45, 7) is -0.0341. The molecular weight excluding hydrogens is 508 g/mol. The van der Waals surface area contributed by atoms with Gasteiger partial charge >= 0.3 is 0 Å². The Bertz CT molecular complexity index is 1490. The van der Waals surface area contributed by atoms with Crippen molar-refractivity contribution in [2.75, 3.05) is 19.5 Å². The van der Waals surface area contributed by atoms with Crippen molar-refractivity contribution in [3.8, 4) is 28.5 Å². The molecule has 3 unspecified atom stereocenters. The molecule has 0 spiro atoms. The first-order valence-electron chi connectivity index (χ1n) is 11.1. The highest BCUT2D eigenvalue weighted by atomic mass is 35.5. The van der Waals surface area contributed by atoms with Crippen LogP contribution in [0.25, 0.3) is 33.7 Å². The van der Waals surface area contributed by atoms with E-state index < -0.39 is 28.1 Å². The number of H-pyrrole nitrogens is 1. The molecular formula is C24H23ClN4O6S. The van der Waals surface area contributed by atoms with Crippen LogP contribution < -0.4 is 4.74 Å². The molecule has 3 N–H and O–H groups in total. The third-order valence-electron chi connectivity index (χ3n) is 5.91. The third-order valence-corrected chi connectivity index (χ3v) is 7.30. The van der Waals surface area contributed by atoms with Gasteiger partial charge in [0.25, 0.3) is 6.01 Å². The first-order valence-corrected chi connectivity index (χ1v) is 13.4. The van der Waals surface area contributed by atoms with Gasteiger partial charge in [0, 0.05) is 30.0 Å². The van der Waals surface area contributed by atoms with Gasteiger partial charge in [-0.05, 0) is 18.2 Å². The number of sulfone groups is 1. The zero-order valence-corrected chi connectivity index (χ0v) is 20.7. The Hall–Kier alpha value is -3.09. The minimum atomic E-state index is -3.31. The molecule has 1 saturated heterocycles. The Labute approximate surface area is 211 Å². The number of benzene rings is 1. The maximum Gasteiger partial charge on any atom is 0.296 e. The summed E-state index contributed by atoms with van der Waals surface area (Å²) < 4.78 is 34.5. The van der Waals surface area contributed by atoms with Crippen molar-refractivity contribution in [1.82, 2.24) is 19.9 Å². The molecule has 5 rings (SSSR count).